The van der Waals surface area contributed by atoms with E-state index in [0.717, 1.165) is 38.5 Å². The van der Waals surface area contributed by atoms with Crippen LogP contribution in [0, 0.1) is 23.7 Å². The standard InChI is InChI=1S/C18H28O4/c1-4-5-10(2)8-13-16(20)22-18-9-11(3)15-14(19)12(18)6-7-17(13,18)21-15/h10-15,19H,4-9H2,1-3H3/t10?,11?,12?,13?,14?,15?,17-,18?/m0/s1. The molecule has 5 fully saturated rings. The lowest BCUT2D eigenvalue weighted by Crippen LogP contribution is -2.71. The molecule has 22 heavy (non-hydrogen) atoms. The zero-order chi connectivity index (χ0) is 15.7. The van der Waals surface area contributed by atoms with Gasteiger partial charge < -0.3 is 14.6 Å². The van der Waals surface area contributed by atoms with Crippen molar-refractivity contribution >= 4 is 5.97 Å². The number of carbonyl (C=O) groups is 1. The molecule has 0 aromatic rings. The van der Waals surface area contributed by atoms with Gasteiger partial charge in [-0.3, -0.25) is 4.79 Å². The van der Waals surface area contributed by atoms with E-state index in [2.05, 4.69) is 20.8 Å². The van der Waals surface area contributed by atoms with Gasteiger partial charge in [0.25, 0.3) is 0 Å². The van der Waals surface area contributed by atoms with Gasteiger partial charge in [0, 0.05) is 5.92 Å². The molecule has 3 heterocycles. The Morgan fingerprint density at radius 2 is 2.18 bits per heavy atom. The summed E-state index contributed by atoms with van der Waals surface area (Å²) < 4.78 is 12.5. The van der Waals surface area contributed by atoms with Gasteiger partial charge in [0.1, 0.15) is 11.2 Å². The molecule has 0 radical (unpaired) electrons. The van der Waals surface area contributed by atoms with E-state index < -0.39 is 17.3 Å². The van der Waals surface area contributed by atoms with Crippen LogP contribution in [0.4, 0.5) is 0 Å². The second-order valence-electron chi connectivity index (χ2n) is 8.28. The number of aliphatic hydroxyl groups excluding tert-OH is 1. The summed E-state index contributed by atoms with van der Waals surface area (Å²) in [5.41, 5.74) is -0.999. The average molecular weight is 308 g/mol. The summed E-state index contributed by atoms with van der Waals surface area (Å²) in [6, 6.07) is 0. The summed E-state index contributed by atoms with van der Waals surface area (Å²) in [4.78, 5) is 12.7. The molecule has 5 rings (SSSR count). The Bertz CT molecular complexity index is 491. The highest BCUT2D eigenvalue weighted by molar-refractivity contribution is 5.79. The van der Waals surface area contributed by atoms with E-state index >= 15 is 0 Å². The second kappa shape index (κ2) is 4.70. The molecule has 124 valence electrons. The third-order valence-corrected chi connectivity index (χ3v) is 6.97. The van der Waals surface area contributed by atoms with E-state index in [4.69, 9.17) is 9.47 Å². The van der Waals surface area contributed by atoms with Gasteiger partial charge in [-0.1, -0.05) is 33.6 Å². The lowest BCUT2D eigenvalue weighted by molar-refractivity contribution is -0.309. The van der Waals surface area contributed by atoms with Crippen LogP contribution >= 0.6 is 0 Å². The molecular formula is C18H28O4. The molecule has 7 unspecified atom stereocenters. The number of fused-ring (bicyclic) bond motifs is 1. The molecule has 4 nitrogen and oxygen atoms in total. The molecule has 5 aliphatic rings. The fraction of sp³-hybridized carbons (Fsp3) is 0.944. The van der Waals surface area contributed by atoms with Gasteiger partial charge in [-0.2, -0.15) is 0 Å². The summed E-state index contributed by atoms with van der Waals surface area (Å²) in [7, 11) is 0. The molecule has 0 amide bonds. The van der Waals surface area contributed by atoms with Crippen molar-refractivity contribution in [1.29, 1.82) is 0 Å². The molecule has 8 atom stereocenters. The molecule has 4 heteroatoms. The van der Waals surface area contributed by atoms with Gasteiger partial charge in [-0.25, -0.2) is 0 Å². The Hall–Kier alpha value is -0.610. The Balaban J connectivity index is 1.70. The molecule has 1 N–H and O–H groups in total. The monoisotopic (exact) mass is 308 g/mol. The first-order valence-corrected chi connectivity index (χ1v) is 9.04. The van der Waals surface area contributed by atoms with Crippen molar-refractivity contribution in [3.8, 4) is 0 Å². The highest BCUT2D eigenvalue weighted by Crippen LogP contribution is 2.68. The maximum absolute atomic E-state index is 12.7. The van der Waals surface area contributed by atoms with Crippen molar-refractivity contribution < 1.29 is 19.4 Å². The average Bonchev–Trinajstić information content (AvgIpc) is 2.81. The molecule has 1 spiro atoms. The van der Waals surface area contributed by atoms with Crippen molar-refractivity contribution in [2.24, 2.45) is 23.7 Å². The number of esters is 1. The first-order valence-electron chi connectivity index (χ1n) is 9.04. The van der Waals surface area contributed by atoms with Gasteiger partial charge in [-0.15, -0.1) is 0 Å². The number of hydrogen-bond acceptors (Lipinski definition) is 4. The minimum Gasteiger partial charge on any atom is -0.455 e. The van der Waals surface area contributed by atoms with Crippen molar-refractivity contribution in [3.63, 3.8) is 0 Å². The second-order valence-corrected chi connectivity index (χ2v) is 8.28. The third-order valence-electron chi connectivity index (χ3n) is 6.97. The number of carbonyl (C=O) groups excluding carboxylic acids is 1. The summed E-state index contributed by atoms with van der Waals surface area (Å²) in [6.07, 6.45) is 5.21. The van der Waals surface area contributed by atoms with Crippen molar-refractivity contribution in [1.82, 2.24) is 0 Å². The van der Waals surface area contributed by atoms with Crippen LogP contribution in [0.5, 0.6) is 0 Å². The minimum atomic E-state index is -0.547. The van der Waals surface area contributed by atoms with Crippen molar-refractivity contribution in [3.05, 3.63) is 0 Å². The number of ether oxygens (including phenoxy) is 2. The predicted molar refractivity (Wildman–Crippen MR) is 81.1 cm³/mol. The van der Waals surface area contributed by atoms with E-state index in [1.54, 1.807) is 0 Å². The molecule has 3 aliphatic heterocycles. The van der Waals surface area contributed by atoms with Crippen molar-refractivity contribution in [2.75, 3.05) is 0 Å². The lowest BCUT2D eigenvalue weighted by atomic mass is 9.60. The Labute approximate surface area is 132 Å². The van der Waals surface area contributed by atoms with E-state index in [-0.39, 0.29) is 29.8 Å². The van der Waals surface area contributed by atoms with Crippen LogP contribution in [0.1, 0.15) is 59.3 Å². The Kier molecular flexibility index (Phi) is 3.19. The first-order chi connectivity index (χ1) is 10.4. The summed E-state index contributed by atoms with van der Waals surface area (Å²) >= 11 is 0. The molecule has 0 aromatic carbocycles. The highest BCUT2D eigenvalue weighted by Gasteiger charge is 2.80. The van der Waals surface area contributed by atoms with E-state index in [1.165, 1.54) is 0 Å². The molecule has 2 aliphatic carbocycles. The number of hydrogen-bond donors (Lipinski definition) is 1. The Morgan fingerprint density at radius 3 is 2.91 bits per heavy atom. The zero-order valence-electron chi connectivity index (χ0n) is 13.9. The Morgan fingerprint density at radius 1 is 1.41 bits per heavy atom. The quantitative estimate of drug-likeness (QED) is 0.811. The van der Waals surface area contributed by atoms with Crippen LogP contribution in [-0.2, 0) is 14.3 Å². The highest BCUT2D eigenvalue weighted by atomic mass is 16.6. The van der Waals surface area contributed by atoms with E-state index in [1.807, 2.05) is 0 Å². The van der Waals surface area contributed by atoms with E-state index in [0.29, 0.717) is 5.92 Å². The lowest BCUT2D eigenvalue weighted by Gasteiger charge is -2.58. The van der Waals surface area contributed by atoms with Gasteiger partial charge in [0.05, 0.1) is 18.1 Å². The van der Waals surface area contributed by atoms with Crippen LogP contribution in [0.15, 0.2) is 0 Å². The van der Waals surface area contributed by atoms with Crippen LogP contribution in [0.3, 0.4) is 0 Å². The molecule has 3 saturated heterocycles. The van der Waals surface area contributed by atoms with E-state index in [9.17, 15) is 9.90 Å². The smallest absolute Gasteiger partial charge is 0.312 e. The zero-order valence-corrected chi connectivity index (χ0v) is 13.9. The maximum atomic E-state index is 12.7. The minimum absolute atomic E-state index is 0.0744. The predicted octanol–water partition coefficient (Wildman–Crippen LogP) is 2.67. The largest absolute Gasteiger partial charge is 0.455 e. The fourth-order valence-corrected chi connectivity index (χ4v) is 6.14. The molecular weight excluding hydrogens is 280 g/mol. The summed E-state index contributed by atoms with van der Waals surface area (Å²) in [5.74, 6) is 0.642. The topological polar surface area (TPSA) is 55.8 Å². The number of aliphatic hydroxyl groups is 1. The maximum Gasteiger partial charge on any atom is 0.312 e. The SMILES string of the molecule is CCCC(C)CC1C(=O)OC23CC(C)C4O[C@@]12CCC3C4O. The van der Waals surface area contributed by atoms with Crippen LogP contribution in [0.25, 0.3) is 0 Å². The van der Waals surface area contributed by atoms with Crippen LogP contribution in [-0.4, -0.2) is 34.5 Å². The van der Waals surface area contributed by atoms with Crippen LogP contribution in [0.2, 0.25) is 0 Å². The van der Waals surface area contributed by atoms with Crippen molar-refractivity contribution in [2.45, 2.75) is 82.7 Å². The number of rotatable bonds is 4. The molecule has 2 saturated carbocycles. The van der Waals surface area contributed by atoms with Gasteiger partial charge in [0.2, 0.25) is 0 Å². The summed E-state index contributed by atoms with van der Waals surface area (Å²) in [6.45, 7) is 6.53. The third kappa shape index (κ3) is 1.58. The van der Waals surface area contributed by atoms with Gasteiger partial charge in [0.15, 0.2) is 0 Å². The van der Waals surface area contributed by atoms with Gasteiger partial charge >= 0.3 is 5.97 Å². The summed E-state index contributed by atoms with van der Waals surface area (Å²) in [5, 5.41) is 10.6. The van der Waals surface area contributed by atoms with Gasteiger partial charge in [-0.05, 0) is 37.5 Å². The normalized spacial score (nSPS) is 53.5. The van der Waals surface area contributed by atoms with Crippen LogP contribution < -0.4 is 0 Å². The molecule has 4 bridgehead atoms. The first kappa shape index (κ1) is 14.9. The fourth-order valence-electron chi connectivity index (χ4n) is 6.14. The molecule has 0 aromatic heterocycles.